The summed E-state index contributed by atoms with van der Waals surface area (Å²) in [5.74, 6) is -1.14. The van der Waals surface area contributed by atoms with Gasteiger partial charge in [0.25, 0.3) is 5.91 Å². The van der Waals surface area contributed by atoms with E-state index in [0.29, 0.717) is 17.0 Å². The molecule has 3 aromatic rings. The van der Waals surface area contributed by atoms with Crippen LogP contribution in [0.1, 0.15) is 22.9 Å². The molecular weight excluding hydrogens is 585 g/mol. The molecule has 2 aromatic carbocycles. The van der Waals surface area contributed by atoms with Crippen molar-refractivity contribution in [3.63, 3.8) is 0 Å². The summed E-state index contributed by atoms with van der Waals surface area (Å²) in [6, 6.07) is 17.8. The van der Waals surface area contributed by atoms with Gasteiger partial charge in [-0.15, -0.1) is 23.1 Å². The molecular formula is C28H26N4O6S3. The number of carbonyl (C=O) groups is 3. The van der Waals surface area contributed by atoms with E-state index in [-0.39, 0.29) is 17.2 Å². The lowest BCUT2D eigenvalue weighted by Crippen LogP contribution is -2.70. The summed E-state index contributed by atoms with van der Waals surface area (Å²) in [4.78, 5) is 45.1. The van der Waals surface area contributed by atoms with E-state index in [1.54, 1.807) is 11.5 Å². The fraction of sp³-hybridized carbons (Fsp3) is 0.214. The van der Waals surface area contributed by atoms with Crippen molar-refractivity contribution in [1.82, 2.24) is 15.2 Å². The van der Waals surface area contributed by atoms with E-state index in [1.807, 2.05) is 60.7 Å². The Labute approximate surface area is 245 Å². The third kappa shape index (κ3) is 6.37. The average molecular weight is 611 g/mol. The van der Waals surface area contributed by atoms with Gasteiger partial charge in [0.2, 0.25) is 15.9 Å². The lowest BCUT2D eigenvalue weighted by molar-refractivity contribution is -0.154. The Kier molecular flexibility index (Phi) is 8.29. The summed E-state index contributed by atoms with van der Waals surface area (Å²) in [6.07, 6.45) is 1.73. The zero-order valence-electron chi connectivity index (χ0n) is 21.9. The maximum absolute atomic E-state index is 13.7. The van der Waals surface area contributed by atoms with Crippen LogP contribution in [0.2, 0.25) is 0 Å². The van der Waals surface area contributed by atoms with Crippen LogP contribution in [0.25, 0.3) is 0 Å². The number of amides is 2. The van der Waals surface area contributed by atoms with Crippen molar-refractivity contribution in [2.75, 3.05) is 16.7 Å². The number of sulfonamides is 1. The molecule has 1 saturated heterocycles. The third-order valence-corrected chi connectivity index (χ3v) is 9.15. The maximum atomic E-state index is 13.7. The normalized spacial score (nSPS) is 18.4. The van der Waals surface area contributed by atoms with Gasteiger partial charge in [0, 0.05) is 11.1 Å². The van der Waals surface area contributed by atoms with E-state index in [1.165, 1.54) is 16.7 Å². The quantitative estimate of drug-likeness (QED) is 0.264. The first-order valence-electron chi connectivity index (χ1n) is 12.5. The number of rotatable bonds is 10. The van der Waals surface area contributed by atoms with Gasteiger partial charge in [-0.25, -0.2) is 18.2 Å². The second-order valence-corrected chi connectivity index (χ2v) is 13.0. The number of hydrogen-bond acceptors (Lipinski definition) is 9. The van der Waals surface area contributed by atoms with Gasteiger partial charge in [-0.1, -0.05) is 73.3 Å². The number of fused-ring (bicyclic) bond motifs is 1. The minimum absolute atomic E-state index is 0.118. The standard InChI is InChI=1S/C28H26N4O6S3/c1-3-17-15-39-26-22(30-21(33)14-20-16-40-28(29-20)31-41(2,36)37)25(34)32(26)23(17)27(35)38-24(18-10-6-4-7-11-18)19-12-8-5-9-13-19/h3-13,16,22,24,26H,1,14-15H2,2H3,(H,29,31)(H,30,33)/t22?,26-/m0/s1. The Balaban J connectivity index is 1.30. The van der Waals surface area contributed by atoms with Crippen LogP contribution in [0.15, 0.2) is 90.0 Å². The van der Waals surface area contributed by atoms with Gasteiger partial charge in [0.15, 0.2) is 11.2 Å². The lowest BCUT2D eigenvalue weighted by atomic mass is 10.0. The van der Waals surface area contributed by atoms with Crippen LogP contribution in [-0.4, -0.2) is 59.5 Å². The first-order valence-corrected chi connectivity index (χ1v) is 16.3. The molecule has 5 rings (SSSR count). The van der Waals surface area contributed by atoms with Crippen LogP contribution in [0.5, 0.6) is 0 Å². The number of hydrogen-bond donors (Lipinski definition) is 2. The number of carbonyl (C=O) groups excluding carboxylic acids is 3. The third-order valence-electron chi connectivity index (χ3n) is 6.35. The Morgan fingerprint density at radius 1 is 1.15 bits per heavy atom. The highest BCUT2D eigenvalue weighted by atomic mass is 32.2. The van der Waals surface area contributed by atoms with E-state index in [9.17, 15) is 22.8 Å². The Bertz CT molecular complexity index is 1580. The van der Waals surface area contributed by atoms with Crippen molar-refractivity contribution in [3.8, 4) is 0 Å². The number of ether oxygens (including phenoxy) is 1. The number of anilines is 1. The summed E-state index contributed by atoms with van der Waals surface area (Å²) in [5.41, 5.74) is 2.62. The fourth-order valence-electron chi connectivity index (χ4n) is 4.52. The van der Waals surface area contributed by atoms with Crippen LogP contribution < -0.4 is 10.0 Å². The van der Waals surface area contributed by atoms with Crippen molar-refractivity contribution in [1.29, 1.82) is 0 Å². The highest BCUT2D eigenvalue weighted by Gasteiger charge is 2.54. The number of allylic oxidation sites excluding steroid dienone is 1. The van der Waals surface area contributed by atoms with Crippen molar-refractivity contribution in [3.05, 3.63) is 107 Å². The van der Waals surface area contributed by atoms with Gasteiger partial charge in [0.1, 0.15) is 17.1 Å². The van der Waals surface area contributed by atoms with Crippen molar-refractivity contribution in [2.45, 2.75) is 23.9 Å². The highest BCUT2D eigenvalue weighted by molar-refractivity contribution is 8.00. The maximum Gasteiger partial charge on any atom is 0.356 e. The molecule has 1 aromatic heterocycles. The number of thiazole rings is 1. The average Bonchev–Trinajstić information content (AvgIpc) is 3.39. The molecule has 2 N–H and O–H groups in total. The van der Waals surface area contributed by atoms with Gasteiger partial charge in [-0.05, 0) is 16.7 Å². The Morgan fingerprint density at radius 3 is 2.37 bits per heavy atom. The van der Waals surface area contributed by atoms with E-state index in [4.69, 9.17) is 4.74 Å². The molecule has 2 amide bonds. The minimum atomic E-state index is -3.49. The molecule has 0 aliphatic carbocycles. The van der Waals surface area contributed by atoms with Gasteiger partial charge >= 0.3 is 5.97 Å². The van der Waals surface area contributed by atoms with Crippen LogP contribution in [0.3, 0.4) is 0 Å². The monoisotopic (exact) mass is 610 g/mol. The van der Waals surface area contributed by atoms with Crippen molar-refractivity contribution < 1.29 is 27.5 Å². The number of esters is 1. The lowest BCUT2D eigenvalue weighted by Gasteiger charge is -2.49. The second-order valence-electron chi connectivity index (χ2n) is 9.33. The Hall–Kier alpha value is -3.94. The van der Waals surface area contributed by atoms with Crippen LogP contribution in [-0.2, 0) is 35.6 Å². The zero-order chi connectivity index (χ0) is 29.1. The molecule has 1 fully saturated rings. The predicted octanol–water partition coefficient (Wildman–Crippen LogP) is 3.23. The summed E-state index contributed by atoms with van der Waals surface area (Å²) in [6.45, 7) is 3.82. The molecule has 10 nitrogen and oxygen atoms in total. The first-order chi connectivity index (χ1) is 19.6. The highest BCUT2D eigenvalue weighted by Crippen LogP contribution is 2.42. The number of β-lactam (4-membered cyclic amide) rings is 1. The van der Waals surface area contributed by atoms with Gasteiger partial charge in [0.05, 0.1) is 18.4 Å². The summed E-state index contributed by atoms with van der Waals surface area (Å²) in [5, 5.41) is 3.95. The van der Waals surface area contributed by atoms with E-state index in [0.717, 1.165) is 28.7 Å². The van der Waals surface area contributed by atoms with Gasteiger partial charge < -0.3 is 10.1 Å². The van der Waals surface area contributed by atoms with Crippen molar-refractivity contribution in [2.24, 2.45) is 0 Å². The smallest absolute Gasteiger partial charge is 0.356 e. The number of thioether (sulfide) groups is 1. The molecule has 2 atom stereocenters. The van der Waals surface area contributed by atoms with Gasteiger partial charge in [-0.2, -0.15) is 0 Å². The molecule has 3 heterocycles. The predicted molar refractivity (Wildman–Crippen MR) is 157 cm³/mol. The Morgan fingerprint density at radius 2 is 1.78 bits per heavy atom. The van der Waals surface area contributed by atoms with Crippen LogP contribution in [0.4, 0.5) is 5.13 Å². The molecule has 2 aliphatic rings. The van der Waals surface area contributed by atoms with E-state index < -0.39 is 45.3 Å². The van der Waals surface area contributed by atoms with Crippen molar-refractivity contribution >= 4 is 56.0 Å². The molecule has 2 aliphatic heterocycles. The molecule has 13 heteroatoms. The summed E-state index contributed by atoms with van der Waals surface area (Å²) < 4.78 is 31.1. The molecule has 0 radical (unpaired) electrons. The molecule has 0 saturated carbocycles. The topological polar surface area (TPSA) is 135 Å². The number of aromatic nitrogens is 1. The number of nitrogens with one attached hydrogen (secondary N) is 2. The zero-order valence-corrected chi connectivity index (χ0v) is 24.3. The molecule has 212 valence electrons. The SMILES string of the molecule is C=CC1=C(C(=O)OC(c2ccccc2)c2ccccc2)N2C(=O)C(NC(=O)Cc3csc(NS(C)(=O)=O)n3)[C@@H]2SC1. The first kappa shape index (κ1) is 28.6. The van der Waals surface area contributed by atoms with Gasteiger partial charge in [-0.3, -0.25) is 19.2 Å². The largest absolute Gasteiger partial charge is 0.448 e. The van der Waals surface area contributed by atoms with E-state index >= 15 is 0 Å². The summed E-state index contributed by atoms with van der Waals surface area (Å²) >= 11 is 2.47. The molecule has 1 unspecified atom stereocenters. The molecule has 0 spiro atoms. The number of nitrogens with zero attached hydrogens (tertiary/aromatic N) is 2. The second kappa shape index (κ2) is 11.9. The number of benzene rings is 2. The summed E-state index contributed by atoms with van der Waals surface area (Å²) in [7, 11) is -3.49. The minimum Gasteiger partial charge on any atom is -0.448 e. The van der Waals surface area contributed by atoms with Crippen LogP contribution in [0, 0.1) is 0 Å². The van der Waals surface area contributed by atoms with E-state index in [2.05, 4.69) is 21.6 Å². The molecule has 41 heavy (non-hydrogen) atoms. The fourth-order valence-corrected chi connectivity index (χ4v) is 7.42. The van der Waals surface area contributed by atoms with Crippen LogP contribution >= 0.6 is 23.1 Å². The molecule has 0 bridgehead atoms.